The van der Waals surface area contributed by atoms with E-state index in [-0.39, 0.29) is 11.4 Å². The lowest BCUT2D eigenvalue weighted by Gasteiger charge is -2.07. The third-order valence-corrected chi connectivity index (χ3v) is 3.09. The van der Waals surface area contributed by atoms with Crippen LogP contribution in [0, 0.1) is 0 Å². The molecule has 1 aromatic carbocycles. The van der Waals surface area contributed by atoms with Gasteiger partial charge >= 0.3 is 5.63 Å². The summed E-state index contributed by atoms with van der Waals surface area (Å²) in [4.78, 5) is 11.5. The molecule has 0 aliphatic carbocycles. The number of rotatable bonds is 6. The smallest absolute Gasteiger partial charge is 0.336 e. The molecule has 0 spiro atoms. The molecule has 0 fully saturated rings. The van der Waals surface area contributed by atoms with Gasteiger partial charge in [0.1, 0.15) is 11.3 Å². The Balaban J connectivity index is 2.15. The van der Waals surface area contributed by atoms with E-state index in [4.69, 9.17) is 4.42 Å². The van der Waals surface area contributed by atoms with Crippen molar-refractivity contribution in [3.63, 3.8) is 0 Å². The topological polar surface area (TPSA) is 62.5 Å². The summed E-state index contributed by atoms with van der Waals surface area (Å²) in [6.07, 6.45) is 3.54. The molecular formula is C15H19NO3. The molecule has 1 aromatic heterocycles. The lowest BCUT2D eigenvalue weighted by atomic mass is 10.1. The number of hydrogen-bond donors (Lipinski definition) is 2. The fraction of sp³-hybridized carbons (Fsp3) is 0.400. The molecule has 4 heteroatoms. The summed E-state index contributed by atoms with van der Waals surface area (Å²) < 4.78 is 5.08. The predicted octanol–water partition coefficient (Wildman–Crippen LogP) is 2.78. The van der Waals surface area contributed by atoms with Gasteiger partial charge in [0.25, 0.3) is 0 Å². The van der Waals surface area contributed by atoms with Crippen molar-refractivity contribution in [3.05, 3.63) is 40.2 Å². The van der Waals surface area contributed by atoms with E-state index in [1.807, 2.05) is 0 Å². The molecular weight excluding hydrogens is 242 g/mol. The van der Waals surface area contributed by atoms with Crippen molar-refractivity contribution < 1.29 is 9.52 Å². The Morgan fingerprint density at radius 2 is 2.11 bits per heavy atom. The maximum absolute atomic E-state index is 11.5. The fourth-order valence-corrected chi connectivity index (χ4v) is 2.09. The lowest BCUT2D eigenvalue weighted by Crippen LogP contribution is -2.16. The Morgan fingerprint density at radius 3 is 2.89 bits per heavy atom. The third-order valence-electron chi connectivity index (χ3n) is 3.09. The summed E-state index contributed by atoms with van der Waals surface area (Å²) >= 11 is 0. The third kappa shape index (κ3) is 3.58. The van der Waals surface area contributed by atoms with Gasteiger partial charge < -0.3 is 14.8 Å². The number of benzene rings is 1. The highest BCUT2D eigenvalue weighted by atomic mass is 16.4. The zero-order valence-corrected chi connectivity index (χ0v) is 11.1. The largest absolute Gasteiger partial charge is 0.508 e. The molecule has 19 heavy (non-hydrogen) atoms. The molecule has 0 radical (unpaired) electrons. The second-order valence-corrected chi connectivity index (χ2v) is 4.66. The Hall–Kier alpha value is -1.81. The van der Waals surface area contributed by atoms with Crippen LogP contribution < -0.4 is 10.9 Å². The molecule has 2 N–H and O–H groups in total. The Morgan fingerprint density at radius 1 is 1.26 bits per heavy atom. The van der Waals surface area contributed by atoms with Gasteiger partial charge in [0.15, 0.2) is 0 Å². The first kappa shape index (κ1) is 13.6. The Labute approximate surface area is 112 Å². The van der Waals surface area contributed by atoms with Gasteiger partial charge in [-0.3, -0.25) is 0 Å². The molecule has 0 bridgehead atoms. The van der Waals surface area contributed by atoms with E-state index < -0.39 is 0 Å². The van der Waals surface area contributed by atoms with Gasteiger partial charge in [-0.2, -0.15) is 0 Å². The first-order valence-corrected chi connectivity index (χ1v) is 6.67. The highest BCUT2D eigenvalue weighted by molar-refractivity contribution is 5.81. The van der Waals surface area contributed by atoms with E-state index in [9.17, 15) is 9.90 Å². The Bertz CT molecular complexity index is 604. The molecule has 0 aliphatic rings. The van der Waals surface area contributed by atoms with Crippen molar-refractivity contribution in [1.29, 1.82) is 0 Å². The average Bonchev–Trinajstić information content (AvgIpc) is 2.37. The summed E-state index contributed by atoms with van der Waals surface area (Å²) in [6, 6.07) is 6.35. The number of nitrogens with one attached hydrogen (secondary N) is 1. The van der Waals surface area contributed by atoms with E-state index >= 15 is 0 Å². The summed E-state index contributed by atoms with van der Waals surface area (Å²) in [5.41, 5.74) is 0.948. The van der Waals surface area contributed by atoms with Crippen molar-refractivity contribution in [2.45, 2.75) is 32.7 Å². The molecule has 2 aromatic rings. The first-order valence-electron chi connectivity index (χ1n) is 6.67. The highest BCUT2D eigenvalue weighted by Crippen LogP contribution is 2.21. The quantitative estimate of drug-likeness (QED) is 0.620. The number of phenols is 1. The van der Waals surface area contributed by atoms with Gasteiger partial charge in [0.05, 0.1) is 0 Å². The average molecular weight is 261 g/mol. The van der Waals surface area contributed by atoms with Crippen molar-refractivity contribution in [1.82, 2.24) is 5.32 Å². The van der Waals surface area contributed by atoms with Gasteiger partial charge in [0.2, 0.25) is 0 Å². The van der Waals surface area contributed by atoms with Crippen molar-refractivity contribution in [3.8, 4) is 5.75 Å². The summed E-state index contributed by atoms with van der Waals surface area (Å²) in [6.45, 7) is 3.74. The molecule has 4 nitrogen and oxygen atoms in total. The molecule has 1 heterocycles. The van der Waals surface area contributed by atoms with Crippen LogP contribution in [0.1, 0.15) is 31.7 Å². The van der Waals surface area contributed by atoms with Gasteiger partial charge in [-0.1, -0.05) is 19.8 Å². The minimum atomic E-state index is -0.386. The maximum Gasteiger partial charge on any atom is 0.336 e. The predicted molar refractivity (Wildman–Crippen MR) is 75.4 cm³/mol. The van der Waals surface area contributed by atoms with Crippen molar-refractivity contribution >= 4 is 11.0 Å². The van der Waals surface area contributed by atoms with E-state index in [0.29, 0.717) is 12.1 Å². The standard InChI is InChI=1S/C15H19NO3/c1-2-3-4-7-16-10-11-8-15(18)19-14-9-12(17)5-6-13(11)14/h5-6,8-9,16-17H,2-4,7,10H2,1H3. The number of hydrogen-bond acceptors (Lipinski definition) is 4. The van der Waals surface area contributed by atoms with Gasteiger partial charge in [0, 0.05) is 24.1 Å². The van der Waals surface area contributed by atoms with Crippen LogP contribution >= 0.6 is 0 Å². The van der Waals surface area contributed by atoms with Crippen LogP contribution in [0.3, 0.4) is 0 Å². The molecule has 0 saturated heterocycles. The van der Waals surface area contributed by atoms with Crippen LogP contribution in [-0.4, -0.2) is 11.7 Å². The minimum Gasteiger partial charge on any atom is -0.508 e. The van der Waals surface area contributed by atoms with Crippen LogP contribution in [0.2, 0.25) is 0 Å². The van der Waals surface area contributed by atoms with E-state index in [0.717, 1.165) is 23.9 Å². The monoisotopic (exact) mass is 261 g/mol. The summed E-state index contributed by atoms with van der Waals surface area (Å²) in [5.74, 6) is 0.101. The highest BCUT2D eigenvalue weighted by Gasteiger charge is 2.06. The molecule has 0 aliphatic heterocycles. The van der Waals surface area contributed by atoms with Crippen LogP contribution in [0.15, 0.2) is 33.5 Å². The molecule has 102 valence electrons. The van der Waals surface area contributed by atoms with Crippen LogP contribution in [0.4, 0.5) is 0 Å². The van der Waals surface area contributed by atoms with E-state index in [2.05, 4.69) is 12.2 Å². The van der Waals surface area contributed by atoms with Crippen LogP contribution in [0.5, 0.6) is 5.75 Å². The maximum atomic E-state index is 11.5. The summed E-state index contributed by atoms with van der Waals surface area (Å²) in [5, 5.41) is 13.6. The second-order valence-electron chi connectivity index (χ2n) is 4.66. The van der Waals surface area contributed by atoms with Gasteiger partial charge in [-0.25, -0.2) is 4.79 Å². The zero-order valence-electron chi connectivity index (χ0n) is 11.1. The minimum absolute atomic E-state index is 0.101. The van der Waals surface area contributed by atoms with Crippen molar-refractivity contribution in [2.75, 3.05) is 6.54 Å². The fourth-order valence-electron chi connectivity index (χ4n) is 2.09. The second kappa shape index (κ2) is 6.38. The molecule has 0 amide bonds. The van der Waals surface area contributed by atoms with E-state index in [1.54, 1.807) is 12.1 Å². The summed E-state index contributed by atoms with van der Waals surface area (Å²) in [7, 11) is 0. The number of unbranched alkanes of at least 4 members (excludes halogenated alkanes) is 2. The van der Waals surface area contributed by atoms with Crippen molar-refractivity contribution in [2.24, 2.45) is 0 Å². The van der Waals surface area contributed by atoms with Gasteiger partial charge in [-0.15, -0.1) is 0 Å². The number of fused-ring (bicyclic) bond motifs is 1. The molecule has 0 atom stereocenters. The van der Waals surface area contributed by atoms with Crippen LogP contribution in [-0.2, 0) is 6.54 Å². The zero-order chi connectivity index (χ0) is 13.7. The molecule has 0 saturated carbocycles. The molecule has 2 rings (SSSR count). The SMILES string of the molecule is CCCCCNCc1cc(=O)oc2cc(O)ccc12. The number of phenolic OH excluding ortho intramolecular Hbond substituents is 1. The van der Waals surface area contributed by atoms with Crippen LogP contribution in [0.25, 0.3) is 11.0 Å². The molecule has 0 unspecified atom stereocenters. The first-order chi connectivity index (χ1) is 9.20. The van der Waals surface area contributed by atoms with E-state index in [1.165, 1.54) is 25.0 Å². The lowest BCUT2D eigenvalue weighted by molar-refractivity contribution is 0.473. The number of aromatic hydroxyl groups is 1. The normalized spacial score (nSPS) is 11.0. The van der Waals surface area contributed by atoms with Gasteiger partial charge in [-0.05, 0) is 30.7 Å². The Kier molecular flexibility index (Phi) is 4.58.